The molecule has 0 aliphatic rings. The van der Waals surface area contributed by atoms with Crippen molar-refractivity contribution in [3.63, 3.8) is 0 Å². The molecule has 0 unspecified atom stereocenters. The van der Waals surface area contributed by atoms with Gasteiger partial charge >= 0.3 is 11.4 Å². The second kappa shape index (κ2) is 5.58. The number of hydrogen-bond acceptors (Lipinski definition) is 5. The summed E-state index contributed by atoms with van der Waals surface area (Å²) in [6.45, 7) is 3.43. The molecule has 0 aromatic heterocycles. The maximum Gasteiger partial charge on any atom is 0.319 e. The van der Waals surface area contributed by atoms with Crippen LogP contribution in [0.3, 0.4) is 0 Å². The molecule has 2 rings (SSSR count). The number of aryl methyl sites for hydroxylation is 2. The van der Waals surface area contributed by atoms with Crippen molar-refractivity contribution in [3.05, 3.63) is 67.8 Å². The minimum Gasteiger partial charge on any atom is -0.444 e. The van der Waals surface area contributed by atoms with E-state index >= 15 is 0 Å². The number of hydrogen-bond donors (Lipinski definition) is 0. The molecule has 0 fully saturated rings. The predicted molar refractivity (Wildman–Crippen MR) is 75.7 cm³/mol. The highest BCUT2D eigenvalue weighted by Crippen LogP contribution is 2.40. The van der Waals surface area contributed by atoms with E-state index in [1.54, 1.807) is 31.2 Å². The molecule has 21 heavy (non-hydrogen) atoms. The topological polar surface area (TPSA) is 95.5 Å². The minimum absolute atomic E-state index is 0.302. The Kier molecular flexibility index (Phi) is 3.84. The zero-order valence-electron chi connectivity index (χ0n) is 11.4. The first-order valence-electron chi connectivity index (χ1n) is 6.06. The largest absolute Gasteiger partial charge is 0.444 e. The number of nitro groups is 2. The average molecular weight is 288 g/mol. The molecule has 0 radical (unpaired) electrons. The molecule has 0 N–H and O–H groups in total. The second-order valence-corrected chi connectivity index (χ2v) is 4.56. The molecule has 108 valence electrons. The monoisotopic (exact) mass is 288 g/mol. The van der Waals surface area contributed by atoms with Crippen molar-refractivity contribution in [1.29, 1.82) is 0 Å². The Labute approximate surface area is 120 Å². The molecule has 0 atom stereocenters. The van der Waals surface area contributed by atoms with Gasteiger partial charge in [-0.3, -0.25) is 20.2 Å². The van der Waals surface area contributed by atoms with E-state index in [0.717, 1.165) is 5.56 Å². The third kappa shape index (κ3) is 3.14. The lowest BCUT2D eigenvalue weighted by atomic mass is 10.1. The highest BCUT2D eigenvalue weighted by Gasteiger charge is 2.28. The lowest BCUT2D eigenvalue weighted by Crippen LogP contribution is -1.99. The molecule has 0 amide bonds. The highest BCUT2D eigenvalue weighted by molar-refractivity contribution is 5.63. The average Bonchev–Trinajstić information content (AvgIpc) is 2.42. The van der Waals surface area contributed by atoms with Gasteiger partial charge in [0.05, 0.1) is 9.85 Å². The van der Waals surface area contributed by atoms with Gasteiger partial charge in [-0.05, 0) is 31.5 Å². The Balaban J connectivity index is 2.56. The third-order valence-corrected chi connectivity index (χ3v) is 2.83. The Morgan fingerprint density at radius 3 is 1.76 bits per heavy atom. The van der Waals surface area contributed by atoms with Crippen LogP contribution in [0.5, 0.6) is 11.5 Å². The molecule has 0 saturated carbocycles. The smallest absolute Gasteiger partial charge is 0.319 e. The van der Waals surface area contributed by atoms with Crippen molar-refractivity contribution in [2.75, 3.05) is 0 Å². The van der Waals surface area contributed by atoms with Gasteiger partial charge < -0.3 is 4.74 Å². The standard InChI is InChI=1S/C14H12N2O5/c1-9-3-5-11(6-4-9)21-14-12(15(17)18)7-10(2)8-13(14)16(19)20/h3-8H,1-2H3. The van der Waals surface area contributed by atoms with Gasteiger partial charge in [0.25, 0.3) is 5.75 Å². The van der Waals surface area contributed by atoms with E-state index < -0.39 is 21.2 Å². The second-order valence-electron chi connectivity index (χ2n) is 4.56. The van der Waals surface area contributed by atoms with E-state index in [4.69, 9.17) is 4.74 Å². The molecule has 0 aliphatic carbocycles. The third-order valence-electron chi connectivity index (χ3n) is 2.83. The first-order chi connectivity index (χ1) is 9.88. The van der Waals surface area contributed by atoms with Gasteiger partial charge in [0, 0.05) is 12.1 Å². The van der Waals surface area contributed by atoms with Crippen LogP contribution in [0.1, 0.15) is 11.1 Å². The minimum atomic E-state index is -0.691. The molecule has 0 aliphatic heterocycles. The molecule has 0 saturated heterocycles. The van der Waals surface area contributed by atoms with Crippen LogP contribution in [0.4, 0.5) is 11.4 Å². The van der Waals surface area contributed by atoms with Crippen molar-refractivity contribution < 1.29 is 14.6 Å². The zero-order chi connectivity index (χ0) is 15.6. The fourth-order valence-electron chi connectivity index (χ4n) is 1.84. The van der Waals surface area contributed by atoms with E-state index in [9.17, 15) is 20.2 Å². The normalized spacial score (nSPS) is 10.2. The van der Waals surface area contributed by atoms with Gasteiger partial charge in [-0.25, -0.2) is 0 Å². The molecule has 2 aromatic carbocycles. The van der Waals surface area contributed by atoms with Crippen molar-refractivity contribution in [2.45, 2.75) is 13.8 Å². The van der Waals surface area contributed by atoms with Crippen LogP contribution in [-0.4, -0.2) is 9.85 Å². The summed E-state index contributed by atoms with van der Waals surface area (Å²) in [6.07, 6.45) is 0. The van der Waals surface area contributed by atoms with Gasteiger partial charge in [0.1, 0.15) is 5.75 Å². The van der Waals surface area contributed by atoms with Crippen molar-refractivity contribution in [2.24, 2.45) is 0 Å². The Morgan fingerprint density at radius 1 is 0.857 bits per heavy atom. The van der Waals surface area contributed by atoms with E-state index in [1.165, 1.54) is 12.1 Å². The maximum atomic E-state index is 11.1. The van der Waals surface area contributed by atoms with Crippen LogP contribution in [0.15, 0.2) is 36.4 Å². The summed E-state index contributed by atoms with van der Waals surface area (Å²) < 4.78 is 5.39. The van der Waals surface area contributed by atoms with Crippen LogP contribution in [0, 0.1) is 34.1 Å². The van der Waals surface area contributed by atoms with E-state index in [-0.39, 0.29) is 5.75 Å². The molecule has 0 heterocycles. The number of ether oxygens (including phenoxy) is 1. The molecule has 0 bridgehead atoms. The highest BCUT2D eigenvalue weighted by atomic mass is 16.6. The molecular weight excluding hydrogens is 276 g/mol. The van der Waals surface area contributed by atoms with Gasteiger partial charge in [0.15, 0.2) is 0 Å². The summed E-state index contributed by atoms with van der Waals surface area (Å²) in [6, 6.07) is 9.20. The first kappa shape index (κ1) is 14.4. The quantitative estimate of drug-likeness (QED) is 0.627. The molecular formula is C14H12N2O5. The number of nitro benzene ring substituents is 2. The fraction of sp³-hybridized carbons (Fsp3) is 0.143. The Morgan fingerprint density at radius 2 is 1.33 bits per heavy atom. The predicted octanol–water partition coefficient (Wildman–Crippen LogP) is 3.91. The SMILES string of the molecule is Cc1ccc(Oc2c([N+](=O)[O-])cc(C)cc2[N+](=O)[O-])cc1. The number of rotatable bonds is 4. The van der Waals surface area contributed by atoms with E-state index in [2.05, 4.69) is 0 Å². The Bertz CT molecular complexity index is 675. The Hall–Kier alpha value is -2.96. The molecule has 7 nitrogen and oxygen atoms in total. The lowest BCUT2D eigenvalue weighted by Gasteiger charge is -2.08. The van der Waals surface area contributed by atoms with E-state index in [0.29, 0.717) is 11.3 Å². The summed E-state index contributed by atoms with van der Waals surface area (Å²) >= 11 is 0. The zero-order valence-corrected chi connectivity index (χ0v) is 11.4. The van der Waals surface area contributed by atoms with Crippen molar-refractivity contribution in [1.82, 2.24) is 0 Å². The number of nitrogens with zero attached hydrogens (tertiary/aromatic N) is 2. The van der Waals surface area contributed by atoms with Crippen molar-refractivity contribution >= 4 is 11.4 Å². The fourth-order valence-corrected chi connectivity index (χ4v) is 1.84. The number of benzene rings is 2. The summed E-state index contributed by atoms with van der Waals surface area (Å²) in [4.78, 5) is 20.8. The van der Waals surface area contributed by atoms with E-state index in [1.807, 2.05) is 6.92 Å². The summed E-state index contributed by atoms with van der Waals surface area (Å²) in [5.74, 6) is -0.0601. The van der Waals surface area contributed by atoms with Gasteiger partial charge in [0.2, 0.25) is 0 Å². The molecule has 2 aromatic rings. The maximum absolute atomic E-state index is 11.1. The van der Waals surface area contributed by atoms with Crippen LogP contribution in [0.2, 0.25) is 0 Å². The van der Waals surface area contributed by atoms with Gasteiger partial charge in [-0.1, -0.05) is 17.7 Å². The van der Waals surface area contributed by atoms with Crippen molar-refractivity contribution in [3.8, 4) is 11.5 Å². The van der Waals surface area contributed by atoms with Crippen LogP contribution < -0.4 is 4.74 Å². The first-order valence-corrected chi connectivity index (χ1v) is 6.06. The van der Waals surface area contributed by atoms with Crippen LogP contribution >= 0.6 is 0 Å². The summed E-state index contributed by atoms with van der Waals surface area (Å²) in [5, 5.41) is 22.2. The molecule has 0 spiro atoms. The van der Waals surface area contributed by atoms with Gasteiger partial charge in [-0.2, -0.15) is 0 Å². The summed E-state index contributed by atoms with van der Waals surface area (Å²) in [7, 11) is 0. The van der Waals surface area contributed by atoms with Gasteiger partial charge in [-0.15, -0.1) is 0 Å². The lowest BCUT2D eigenvalue weighted by molar-refractivity contribution is -0.395. The summed E-state index contributed by atoms with van der Waals surface area (Å²) in [5.41, 5.74) is 0.546. The van der Waals surface area contributed by atoms with Crippen LogP contribution in [-0.2, 0) is 0 Å². The molecule has 7 heteroatoms. The van der Waals surface area contributed by atoms with Crippen LogP contribution in [0.25, 0.3) is 0 Å².